The van der Waals surface area contributed by atoms with Gasteiger partial charge in [-0.05, 0) is 30.3 Å². The van der Waals surface area contributed by atoms with Crippen LogP contribution in [0, 0.1) is 0 Å². The van der Waals surface area contributed by atoms with Crippen molar-refractivity contribution in [3.05, 3.63) is 58.6 Å². The number of carbonyl (C=O) groups is 1. The predicted octanol–water partition coefficient (Wildman–Crippen LogP) is 2.94. The van der Waals surface area contributed by atoms with Crippen LogP contribution in [0.25, 0.3) is 0 Å². The molecule has 0 aliphatic heterocycles. The van der Waals surface area contributed by atoms with Crippen LogP contribution in [0.2, 0.25) is 0 Å². The van der Waals surface area contributed by atoms with E-state index in [1.165, 1.54) is 0 Å². The zero-order valence-corrected chi connectivity index (χ0v) is 12.0. The number of rotatable bonds is 2. The van der Waals surface area contributed by atoms with E-state index in [2.05, 4.69) is 20.9 Å². The maximum absolute atomic E-state index is 11.6. The quantitative estimate of drug-likeness (QED) is 0.502. The summed E-state index contributed by atoms with van der Waals surface area (Å²) < 4.78 is 5.83. The first kappa shape index (κ1) is 14.1. The number of nitrogen functional groups attached to an aromatic ring is 1. The summed E-state index contributed by atoms with van der Waals surface area (Å²) >= 11 is 3.29. The molecule has 5 nitrogen and oxygen atoms in total. The highest BCUT2D eigenvalue weighted by atomic mass is 79.9. The molecule has 2 aromatic rings. The SMILES string of the molecule is N/C(=N/C(=O)Oc1ccccc1)c1ccc(Br)cc1N. The van der Waals surface area contributed by atoms with Crippen molar-refractivity contribution in [2.75, 3.05) is 5.73 Å². The number of benzene rings is 2. The Morgan fingerprint density at radius 2 is 1.85 bits per heavy atom. The van der Waals surface area contributed by atoms with Gasteiger partial charge in [0.25, 0.3) is 0 Å². The minimum Gasteiger partial charge on any atom is -0.409 e. The molecular formula is C14H12BrN3O2. The summed E-state index contributed by atoms with van der Waals surface area (Å²) in [6.07, 6.45) is -0.795. The molecule has 0 fully saturated rings. The zero-order valence-electron chi connectivity index (χ0n) is 10.4. The standard InChI is InChI=1S/C14H12BrN3O2/c15-9-6-7-11(12(16)8-9)13(17)18-14(19)20-10-4-2-1-3-5-10/h1-8H,16H2,(H2,17,18,19). The molecule has 102 valence electrons. The Balaban J connectivity index is 2.15. The lowest BCUT2D eigenvalue weighted by Crippen LogP contribution is -2.18. The van der Waals surface area contributed by atoms with Crippen LogP contribution < -0.4 is 16.2 Å². The van der Waals surface area contributed by atoms with Gasteiger partial charge in [-0.2, -0.15) is 4.99 Å². The summed E-state index contributed by atoms with van der Waals surface area (Å²) in [5, 5.41) is 0. The number of anilines is 1. The average molecular weight is 334 g/mol. The Kier molecular flexibility index (Phi) is 4.37. The first-order valence-electron chi connectivity index (χ1n) is 5.72. The summed E-state index contributed by atoms with van der Waals surface area (Å²) in [6, 6.07) is 13.7. The van der Waals surface area contributed by atoms with E-state index in [-0.39, 0.29) is 5.84 Å². The van der Waals surface area contributed by atoms with E-state index < -0.39 is 6.09 Å². The van der Waals surface area contributed by atoms with Crippen molar-refractivity contribution >= 4 is 33.5 Å². The van der Waals surface area contributed by atoms with Gasteiger partial charge in [0.1, 0.15) is 11.6 Å². The molecular weight excluding hydrogens is 322 g/mol. The molecule has 20 heavy (non-hydrogen) atoms. The lowest BCUT2D eigenvalue weighted by atomic mass is 10.1. The smallest absolute Gasteiger partial charge is 0.409 e. The summed E-state index contributed by atoms with van der Waals surface area (Å²) in [5.74, 6) is 0.411. The fourth-order valence-corrected chi connectivity index (χ4v) is 1.92. The number of ether oxygens (including phenoxy) is 1. The average Bonchev–Trinajstić information content (AvgIpc) is 2.39. The van der Waals surface area contributed by atoms with Gasteiger partial charge in [0, 0.05) is 15.7 Å². The van der Waals surface area contributed by atoms with Gasteiger partial charge < -0.3 is 16.2 Å². The first-order chi connectivity index (χ1) is 9.56. The number of nitrogens with zero attached hydrogens (tertiary/aromatic N) is 1. The fourth-order valence-electron chi connectivity index (χ4n) is 1.54. The number of para-hydroxylation sites is 1. The van der Waals surface area contributed by atoms with Crippen LogP contribution in [0.4, 0.5) is 10.5 Å². The van der Waals surface area contributed by atoms with E-state index in [0.29, 0.717) is 17.0 Å². The number of halogens is 1. The predicted molar refractivity (Wildman–Crippen MR) is 81.7 cm³/mol. The van der Waals surface area contributed by atoms with Gasteiger partial charge in [0.15, 0.2) is 0 Å². The van der Waals surface area contributed by atoms with E-state index in [0.717, 1.165) is 4.47 Å². The Bertz CT molecular complexity index is 657. The third-order valence-electron chi connectivity index (χ3n) is 2.45. The largest absolute Gasteiger partial charge is 0.441 e. The van der Waals surface area contributed by atoms with Crippen LogP contribution in [-0.2, 0) is 0 Å². The molecule has 0 unspecified atom stereocenters. The molecule has 0 aromatic heterocycles. The van der Waals surface area contributed by atoms with Gasteiger partial charge in [-0.25, -0.2) is 4.79 Å². The van der Waals surface area contributed by atoms with Crippen molar-refractivity contribution in [3.63, 3.8) is 0 Å². The van der Waals surface area contributed by atoms with E-state index >= 15 is 0 Å². The normalized spacial score (nSPS) is 11.2. The number of amides is 1. The molecule has 0 heterocycles. The van der Waals surface area contributed by atoms with Crippen molar-refractivity contribution in [2.45, 2.75) is 0 Å². The third kappa shape index (κ3) is 3.58. The fraction of sp³-hybridized carbons (Fsp3) is 0. The highest BCUT2D eigenvalue weighted by Gasteiger charge is 2.08. The molecule has 0 aliphatic carbocycles. The van der Waals surface area contributed by atoms with E-state index in [1.807, 2.05) is 6.07 Å². The molecule has 0 aliphatic rings. The van der Waals surface area contributed by atoms with Crippen LogP contribution in [0.1, 0.15) is 5.56 Å². The lowest BCUT2D eigenvalue weighted by Gasteiger charge is -2.05. The molecule has 0 atom stereocenters. The summed E-state index contributed by atoms with van der Waals surface area (Å²) in [4.78, 5) is 15.3. The summed E-state index contributed by atoms with van der Waals surface area (Å²) in [5.41, 5.74) is 12.5. The molecule has 0 bridgehead atoms. The van der Waals surface area contributed by atoms with Gasteiger partial charge in [-0.15, -0.1) is 0 Å². The lowest BCUT2D eigenvalue weighted by molar-refractivity contribution is 0.211. The van der Waals surface area contributed by atoms with Crippen molar-refractivity contribution in [1.29, 1.82) is 0 Å². The third-order valence-corrected chi connectivity index (χ3v) is 2.94. The van der Waals surface area contributed by atoms with E-state index in [4.69, 9.17) is 16.2 Å². The van der Waals surface area contributed by atoms with Crippen LogP contribution in [-0.4, -0.2) is 11.9 Å². The van der Waals surface area contributed by atoms with Gasteiger partial charge >= 0.3 is 6.09 Å². The van der Waals surface area contributed by atoms with E-state index in [9.17, 15) is 4.79 Å². The minimum atomic E-state index is -0.795. The molecule has 0 spiro atoms. The molecule has 0 saturated heterocycles. The van der Waals surface area contributed by atoms with Gasteiger partial charge in [0.05, 0.1) is 0 Å². The van der Waals surface area contributed by atoms with Gasteiger partial charge in [-0.3, -0.25) is 0 Å². The van der Waals surface area contributed by atoms with Crippen LogP contribution in [0.3, 0.4) is 0 Å². The maximum atomic E-state index is 11.6. The molecule has 4 N–H and O–H groups in total. The number of carbonyl (C=O) groups excluding carboxylic acids is 1. The second-order valence-electron chi connectivity index (χ2n) is 3.91. The van der Waals surface area contributed by atoms with Crippen molar-refractivity contribution < 1.29 is 9.53 Å². The molecule has 2 aromatic carbocycles. The minimum absolute atomic E-state index is 0.0101. The Morgan fingerprint density at radius 3 is 2.50 bits per heavy atom. The second kappa shape index (κ2) is 6.21. The maximum Gasteiger partial charge on any atom is 0.441 e. The topological polar surface area (TPSA) is 90.7 Å². The van der Waals surface area contributed by atoms with Gasteiger partial charge in [-0.1, -0.05) is 34.1 Å². The Labute approximate surface area is 124 Å². The number of amidine groups is 1. The molecule has 0 saturated carbocycles. The van der Waals surface area contributed by atoms with Crippen LogP contribution in [0.5, 0.6) is 5.75 Å². The zero-order chi connectivity index (χ0) is 14.5. The first-order valence-corrected chi connectivity index (χ1v) is 6.52. The number of hydrogen-bond donors (Lipinski definition) is 2. The van der Waals surface area contributed by atoms with Crippen molar-refractivity contribution in [1.82, 2.24) is 0 Å². The number of hydrogen-bond acceptors (Lipinski definition) is 3. The highest BCUT2D eigenvalue weighted by Crippen LogP contribution is 2.18. The molecule has 1 amide bonds. The monoisotopic (exact) mass is 333 g/mol. The second-order valence-corrected chi connectivity index (χ2v) is 4.83. The van der Waals surface area contributed by atoms with Crippen molar-refractivity contribution in [3.8, 4) is 5.75 Å². The van der Waals surface area contributed by atoms with Gasteiger partial charge in [0.2, 0.25) is 0 Å². The van der Waals surface area contributed by atoms with Crippen molar-refractivity contribution in [2.24, 2.45) is 10.7 Å². The molecule has 0 radical (unpaired) electrons. The molecule has 2 rings (SSSR count). The Hall–Kier alpha value is -2.34. The number of nitrogens with two attached hydrogens (primary N) is 2. The van der Waals surface area contributed by atoms with Crippen LogP contribution >= 0.6 is 15.9 Å². The highest BCUT2D eigenvalue weighted by molar-refractivity contribution is 9.10. The Morgan fingerprint density at radius 1 is 1.15 bits per heavy atom. The summed E-state index contributed by atoms with van der Waals surface area (Å²) in [7, 11) is 0. The number of aliphatic imine (C=N–C) groups is 1. The summed E-state index contributed by atoms with van der Waals surface area (Å²) in [6.45, 7) is 0. The van der Waals surface area contributed by atoms with E-state index in [1.54, 1.807) is 42.5 Å². The van der Waals surface area contributed by atoms with Crippen LogP contribution in [0.15, 0.2) is 58.0 Å². The molecule has 6 heteroatoms.